The molecule has 1 aromatic rings. The Morgan fingerprint density at radius 1 is 1.26 bits per heavy atom. The van der Waals surface area contributed by atoms with Crippen LogP contribution in [0.25, 0.3) is 0 Å². The molecule has 1 aromatic carbocycles. The molecule has 0 radical (unpaired) electrons. The molecule has 0 atom stereocenters. The van der Waals surface area contributed by atoms with Crippen molar-refractivity contribution in [1.82, 2.24) is 15.5 Å². The van der Waals surface area contributed by atoms with Gasteiger partial charge < -0.3 is 20.7 Å². The van der Waals surface area contributed by atoms with Gasteiger partial charge in [-0.2, -0.15) is 0 Å². The molecule has 3 N–H and O–H groups in total. The number of nitrogens with one attached hydrogen (secondary N) is 3. The lowest BCUT2D eigenvalue weighted by molar-refractivity contribution is -0.384. The summed E-state index contributed by atoms with van der Waals surface area (Å²) in [5.41, 5.74) is 0.609. The first-order valence-corrected chi connectivity index (χ1v) is 9.50. The number of morpholine rings is 1. The molecule has 9 nitrogen and oxygen atoms in total. The molecule has 0 amide bonds. The minimum absolute atomic E-state index is 0.0844. The fourth-order valence-electron chi connectivity index (χ4n) is 2.81. The largest absolute Gasteiger partial charge is 0.379 e. The van der Waals surface area contributed by atoms with Crippen molar-refractivity contribution in [1.29, 1.82) is 0 Å². The SMILES string of the molecule is CCNC(=NCCCN1CCOCC1)NCCNc1ccccc1[N+](=O)[O-]. The van der Waals surface area contributed by atoms with Gasteiger partial charge in [-0.15, -0.1) is 0 Å². The number of para-hydroxylation sites is 2. The third kappa shape index (κ3) is 7.79. The van der Waals surface area contributed by atoms with Crippen molar-refractivity contribution in [2.75, 3.05) is 64.3 Å². The first-order chi connectivity index (χ1) is 13.2. The average Bonchev–Trinajstić information content (AvgIpc) is 2.69. The Morgan fingerprint density at radius 3 is 2.78 bits per heavy atom. The minimum Gasteiger partial charge on any atom is -0.379 e. The van der Waals surface area contributed by atoms with Crippen LogP contribution in [-0.2, 0) is 4.74 Å². The van der Waals surface area contributed by atoms with Crippen molar-refractivity contribution in [3.8, 4) is 0 Å². The highest BCUT2D eigenvalue weighted by molar-refractivity contribution is 5.79. The monoisotopic (exact) mass is 378 g/mol. The predicted octanol–water partition coefficient (Wildman–Crippen LogP) is 1.28. The summed E-state index contributed by atoms with van der Waals surface area (Å²) in [7, 11) is 0. The molecule has 0 bridgehead atoms. The molecule has 1 saturated heterocycles. The molecule has 0 aliphatic carbocycles. The summed E-state index contributed by atoms with van der Waals surface area (Å²) in [6, 6.07) is 6.65. The van der Waals surface area contributed by atoms with Crippen LogP contribution < -0.4 is 16.0 Å². The van der Waals surface area contributed by atoms with Crippen LogP contribution in [0.4, 0.5) is 11.4 Å². The first-order valence-electron chi connectivity index (χ1n) is 9.50. The van der Waals surface area contributed by atoms with Gasteiger partial charge in [0.2, 0.25) is 0 Å². The van der Waals surface area contributed by atoms with Gasteiger partial charge in [0.05, 0.1) is 18.1 Å². The molecule has 9 heteroatoms. The lowest BCUT2D eigenvalue weighted by atomic mass is 10.2. The third-order valence-corrected chi connectivity index (χ3v) is 4.18. The van der Waals surface area contributed by atoms with E-state index < -0.39 is 0 Å². The summed E-state index contributed by atoms with van der Waals surface area (Å²) in [6.07, 6.45) is 1.00. The second-order valence-electron chi connectivity index (χ2n) is 6.20. The normalized spacial score (nSPS) is 15.4. The lowest BCUT2D eigenvalue weighted by Gasteiger charge is -2.26. The number of benzene rings is 1. The van der Waals surface area contributed by atoms with Gasteiger partial charge in [0.15, 0.2) is 5.96 Å². The van der Waals surface area contributed by atoms with Gasteiger partial charge in [-0.1, -0.05) is 12.1 Å². The number of hydrogen-bond donors (Lipinski definition) is 3. The Morgan fingerprint density at radius 2 is 2.04 bits per heavy atom. The van der Waals surface area contributed by atoms with E-state index in [1.807, 2.05) is 6.92 Å². The van der Waals surface area contributed by atoms with Gasteiger partial charge in [-0.05, 0) is 19.4 Å². The van der Waals surface area contributed by atoms with E-state index in [0.29, 0.717) is 18.8 Å². The maximum atomic E-state index is 11.0. The maximum absolute atomic E-state index is 11.0. The molecule has 27 heavy (non-hydrogen) atoms. The maximum Gasteiger partial charge on any atom is 0.292 e. The summed E-state index contributed by atoms with van der Waals surface area (Å²) >= 11 is 0. The fourth-order valence-corrected chi connectivity index (χ4v) is 2.81. The van der Waals surface area contributed by atoms with Crippen molar-refractivity contribution in [2.24, 2.45) is 4.99 Å². The van der Waals surface area contributed by atoms with Gasteiger partial charge in [0, 0.05) is 51.9 Å². The third-order valence-electron chi connectivity index (χ3n) is 4.18. The quantitative estimate of drug-likeness (QED) is 0.185. The molecular formula is C18H30N6O3. The Hall–Kier alpha value is -2.39. The highest BCUT2D eigenvalue weighted by atomic mass is 16.6. The van der Waals surface area contributed by atoms with E-state index in [2.05, 4.69) is 25.8 Å². The second kappa shape index (κ2) is 12.1. The Kier molecular flexibility index (Phi) is 9.36. The van der Waals surface area contributed by atoms with Crippen LogP contribution in [0, 0.1) is 10.1 Å². The van der Waals surface area contributed by atoms with E-state index >= 15 is 0 Å². The van der Waals surface area contributed by atoms with Crippen LogP contribution in [0.2, 0.25) is 0 Å². The number of ether oxygens (including phenoxy) is 1. The van der Waals surface area contributed by atoms with E-state index in [1.165, 1.54) is 6.07 Å². The van der Waals surface area contributed by atoms with Gasteiger partial charge in [-0.25, -0.2) is 0 Å². The standard InChI is InChI=1S/C18H30N6O3/c1-2-19-18(21-8-5-11-23-12-14-27-15-13-23)22-10-9-20-16-6-3-4-7-17(16)24(25)26/h3-4,6-7,20H,2,5,8-15H2,1H3,(H2,19,21,22). The van der Waals surface area contributed by atoms with Crippen LogP contribution >= 0.6 is 0 Å². The fraction of sp³-hybridized carbons (Fsp3) is 0.611. The molecule has 0 aromatic heterocycles. The number of hydrogen-bond acceptors (Lipinski definition) is 6. The van der Waals surface area contributed by atoms with Crippen molar-refractivity contribution in [3.05, 3.63) is 34.4 Å². The lowest BCUT2D eigenvalue weighted by Crippen LogP contribution is -2.40. The van der Waals surface area contributed by atoms with E-state index in [-0.39, 0.29) is 10.6 Å². The predicted molar refractivity (Wildman–Crippen MR) is 107 cm³/mol. The number of nitrogens with zero attached hydrogens (tertiary/aromatic N) is 3. The minimum atomic E-state index is -0.379. The molecule has 2 rings (SSSR count). The van der Waals surface area contributed by atoms with Crippen LogP contribution in [0.3, 0.4) is 0 Å². The van der Waals surface area contributed by atoms with Crippen LogP contribution in [0.1, 0.15) is 13.3 Å². The molecule has 1 fully saturated rings. The second-order valence-corrected chi connectivity index (χ2v) is 6.20. The zero-order valence-corrected chi connectivity index (χ0v) is 15.9. The van der Waals surface area contributed by atoms with Crippen molar-refractivity contribution >= 4 is 17.3 Å². The van der Waals surface area contributed by atoms with E-state index in [4.69, 9.17) is 4.74 Å². The van der Waals surface area contributed by atoms with Gasteiger partial charge >= 0.3 is 0 Å². The molecular weight excluding hydrogens is 348 g/mol. The number of nitro benzene ring substituents is 1. The summed E-state index contributed by atoms with van der Waals surface area (Å²) < 4.78 is 5.35. The van der Waals surface area contributed by atoms with Crippen LogP contribution in [-0.4, -0.2) is 74.8 Å². The average molecular weight is 378 g/mol. The summed E-state index contributed by atoms with van der Waals surface area (Å²) in [6.45, 7) is 9.41. The molecule has 0 saturated carbocycles. The number of guanidine groups is 1. The summed E-state index contributed by atoms with van der Waals surface area (Å²) in [5.74, 6) is 0.767. The van der Waals surface area contributed by atoms with E-state index in [0.717, 1.165) is 58.3 Å². The smallest absolute Gasteiger partial charge is 0.292 e. The Labute approximate surface area is 160 Å². The topological polar surface area (TPSA) is 104 Å². The van der Waals surface area contributed by atoms with E-state index in [9.17, 15) is 10.1 Å². The highest BCUT2D eigenvalue weighted by Gasteiger charge is 2.11. The molecule has 1 heterocycles. The Balaban J connectivity index is 1.69. The van der Waals surface area contributed by atoms with Crippen molar-refractivity contribution < 1.29 is 9.66 Å². The number of nitro groups is 1. The zero-order valence-electron chi connectivity index (χ0n) is 15.9. The number of rotatable bonds is 10. The number of aliphatic imine (C=N–C) groups is 1. The Bertz CT molecular complexity index is 605. The van der Waals surface area contributed by atoms with Crippen molar-refractivity contribution in [3.63, 3.8) is 0 Å². The molecule has 150 valence electrons. The van der Waals surface area contributed by atoms with Crippen LogP contribution in [0.5, 0.6) is 0 Å². The number of anilines is 1. The molecule has 1 aliphatic heterocycles. The summed E-state index contributed by atoms with van der Waals surface area (Å²) in [4.78, 5) is 17.6. The van der Waals surface area contributed by atoms with Gasteiger partial charge in [0.25, 0.3) is 5.69 Å². The first kappa shape index (κ1) is 20.9. The molecule has 1 aliphatic rings. The van der Waals surface area contributed by atoms with Crippen molar-refractivity contribution in [2.45, 2.75) is 13.3 Å². The zero-order chi connectivity index (χ0) is 19.3. The highest BCUT2D eigenvalue weighted by Crippen LogP contribution is 2.22. The van der Waals surface area contributed by atoms with Crippen LogP contribution in [0.15, 0.2) is 29.3 Å². The molecule has 0 unspecified atom stereocenters. The van der Waals surface area contributed by atoms with Gasteiger partial charge in [0.1, 0.15) is 5.69 Å². The van der Waals surface area contributed by atoms with E-state index in [1.54, 1.807) is 18.2 Å². The molecule has 0 spiro atoms. The summed E-state index contributed by atoms with van der Waals surface area (Å²) in [5, 5.41) is 20.6. The van der Waals surface area contributed by atoms with Gasteiger partial charge in [-0.3, -0.25) is 20.0 Å².